The highest BCUT2D eigenvalue weighted by Gasteiger charge is 2.52. The second-order valence-corrected chi connectivity index (χ2v) is 8.95. The molecule has 0 aromatic rings. The number of nitriles is 1. The van der Waals surface area contributed by atoms with E-state index in [2.05, 4.69) is 52.2 Å². The molecule has 1 saturated heterocycles. The van der Waals surface area contributed by atoms with Crippen LogP contribution in [0.25, 0.3) is 0 Å². The van der Waals surface area contributed by atoms with Crippen LogP contribution in [-0.2, 0) is 4.84 Å². The van der Waals surface area contributed by atoms with E-state index in [9.17, 15) is 5.26 Å². The summed E-state index contributed by atoms with van der Waals surface area (Å²) in [5.74, 6) is 2.28. The van der Waals surface area contributed by atoms with Crippen LogP contribution in [0.4, 0.5) is 0 Å². The average Bonchev–Trinajstić information content (AvgIpc) is 2.85. The average molecular weight is 302 g/mol. The summed E-state index contributed by atoms with van der Waals surface area (Å²) in [5, 5.41) is 9.92. The molecule has 22 heavy (non-hydrogen) atoms. The Morgan fingerprint density at radius 2 is 2.00 bits per heavy atom. The van der Waals surface area contributed by atoms with Crippen LogP contribution in [0.15, 0.2) is 11.6 Å². The van der Waals surface area contributed by atoms with E-state index in [0.717, 1.165) is 13.0 Å². The highest BCUT2D eigenvalue weighted by Crippen LogP contribution is 2.56. The summed E-state index contributed by atoms with van der Waals surface area (Å²) in [6.07, 6.45) is 5.77. The van der Waals surface area contributed by atoms with Gasteiger partial charge < -0.3 is 4.84 Å². The largest absolute Gasteiger partial charge is 0.301 e. The zero-order chi connectivity index (χ0) is 16.1. The summed E-state index contributed by atoms with van der Waals surface area (Å²) in [6, 6.07) is 3.17. The molecule has 0 aromatic carbocycles. The summed E-state index contributed by atoms with van der Waals surface area (Å²) >= 11 is 0. The van der Waals surface area contributed by atoms with Crippen LogP contribution in [0.1, 0.15) is 53.9 Å². The summed E-state index contributed by atoms with van der Waals surface area (Å²) in [5.41, 5.74) is 4.44. The first-order chi connectivity index (χ1) is 10.3. The predicted octanol–water partition coefficient (Wildman–Crippen LogP) is 4.07. The van der Waals surface area contributed by atoms with E-state index in [1.165, 1.54) is 18.4 Å². The Balaban J connectivity index is 1.93. The number of allylic oxidation sites excluding steroid dienone is 2. The molecular formula is C19H30N2O. The lowest BCUT2D eigenvalue weighted by molar-refractivity contribution is 0.00916. The molecule has 3 rings (SSSR count). The van der Waals surface area contributed by atoms with Gasteiger partial charge in [0.05, 0.1) is 18.1 Å². The number of hydrogen-bond donors (Lipinski definition) is 1. The molecule has 1 heterocycles. The quantitative estimate of drug-likeness (QED) is 0.742. The van der Waals surface area contributed by atoms with Crippen molar-refractivity contribution in [3.8, 4) is 6.07 Å². The Kier molecular flexibility index (Phi) is 3.90. The summed E-state index contributed by atoms with van der Waals surface area (Å²) in [4.78, 5) is 5.52. The minimum Gasteiger partial charge on any atom is -0.301 e. The van der Waals surface area contributed by atoms with Gasteiger partial charge in [-0.15, -0.1) is 0 Å². The predicted molar refractivity (Wildman–Crippen MR) is 87.6 cm³/mol. The molecule has 0 bridgehead atoms. The van der Waals surface area contributed by atoms with Crippen molar-refractivity contribution >= 4 is 0 Å². The third-order valence-electron chi connectivity index (χ3n) is 6.40. The zero-order valence-electron chi connectivity index (χ0n) is 14.6. The minimum atomic E-state index is -0.337. The zero-order valence-corrected chi connectivity index (χ0v) is 14.6. The minimum absolute atomic E-state index is 0.188. The Labute approximate surface area is 135 Å². The second-order valence-electron chi connectivity index (χ2n) is 8.95. The van der Waals surface area contributed by atoms with Crippen LogP contribution in [-0.4, -0.2) is 12.6 Å². The molecule has 3 nitrogen and oxygen atoms in total. The lowest BCUT2D eigenvalue weighted by atomic mass is 9.51. The fourth-order valence-corrected chi connectivity index (χ4v) is 6.15. The maximum Gasteiger partial charge on any atom is 0.0763 e. The highest BCUT2D eigenvalue weighted by molar-refractivity contribution is 5.25. The first kappa shape index (κ1) is 16.0. The van der Waals surface area contributed by atoms with Crippen LogP contribution >= 0.6 is 0 Å². The fraction of sp³-hybridized carbons (Fsp3) is 0.842. The molecular weight excluding hydrogens is 272 g/mol. The molecule has 3 aliphatic rings. The molecule has 0 aromatic heterocycles. The molecule has 2 unspecified atom stereocenters. The van der Waals surface area contributed by atoms with Crippen molar-refractivity contribution in [2.75, 3.05) is 6.61 Å². The van der Waals surface area contributed by atoms with E-state index >= 15 is 0 Å². The van der Waals surface area contributed by atoms with E-state index in [1.54, 1.807) is 0 Å². The molecule has 0 spiro atoms. The molecule has 1 saturated carbocycles. The second kappa shape index (κ2) is 5.35. The number of fused-ring (bicyclic) bond motifs is 1. The van der Waals surface area contributed by atoms with Crippen LogP contribution in [0.2, 0.25) is 0 Å². The standard InChI is InChI=1S/C19H30N2O/c1-12-8-18(3,4)17(19(5,9-12)11-20)14-6-13(2)16-15(7-14)10-22-21-16/h9,13-17,21H,6-8,10H2,1-5H3/t13-,14+,15-,16+,17?,19?/m1/s1. The monoisotopic (exact) mass is 302 g/mol. The van der Waals surface area contributed by atoms with E-state index in [4.69, 9.17) is 4.84 Å². The molecule has 1 aliphatic heterocycles. The molecule has 2 aliphatic carbocycles. The number of nitrogens with one attached hydrogen (secondary N) is 1. The first-order valence-electron chi connectivity index (χ1n) is 8.74. The summed E-state index contributed by atoms with van der Waals surface area (Å²) in [7, 11) is 0. The van der Waals surface area contributed by atoms with Crippen molar-refractivity contribution in [3.05, 3.63) is 11.6 Å². The Morgan fingerprint density at radius 1 is 1.27 bits per heavy atom. The molecule has 3 heteroatoms. The van der Waals surface area contributed by atoms with Crippen molar-refractivity contribution in [1.82, 2.24) is 5.48 Å². The number of rotatable bonds is 1. The molecule has 1 N–H and O–H groups in total. The number of hydrogen-bond acceptors (Lipinski definition) is 3. The fourth-order valence-electron chi connectivity index (χ4n) is 6.15. The van der Waals surface area contributed by atoms with E-state index in [-0.39, 0.29) is 10.8 Å². The molecule has 0 radical (unpaired) electrons. The Bertz CT molecular complexity index is 518. The van der Waals surface area contributed by atoms with Crippen LogP contribution in [0.5, 0.6) is 0 Å². The van der Waals surface area contributed by atoms with Gasteiger partial charge >= 0.3 is 0 Å². The summed E-state index contributed by atoms with van der Waals surface area (Å²) < 4.78 is 0. The van der Waals surface area contributed by atoms with Crippen molar-refractivity contribution in [2.24, 2.45) is 34.5 Å². The van der Waals surface area contributed by atoms with Crippen molar-refractivity contribution in [2.45, 2.75) is 59.9 Å². The maximum absolute atomic E-state index is 9.92. The number of nitrogens with zero attached hydrogens (tertiary/aromatic N) is 1. The van der Waals surface area contributed by atoms with Gasteiger partial charge in [-0.05, 0) is 56.3 Å². The van der Waals surface area contributed by atoms with Gasteiger partial charge in [-0.3, -0.25) is 0 Å². The van der Waals surface area contributed by atoms with Gasteiger partial charge in [0.2, 0.25) is 0 Å². The first-order valence-corrected chi connectivity index (χ1v) is 8.74. The van der Waals surface area contributed by atoms with E-state index in [0.29, 0.717) is 29.7 Å². The van der Waals surface area contributed by atoms with Crippen molar-refractivity contribution in [1.29, 1.82) is 5.26 Å². The van der Waals surface area contributed by atoms with Gasteiger partial charge in [0.15, 0.2) is 0 Å². The van der Waals surface area contributed by atoms with E-state index in [1.807, 2.05) is 0 Å². The van der Waals surface area contributed by atoms with Crippen molar-refractivity contribution < 1.29 is 4.84 Å². The Hall–Kier alpha value is -0.850. The Morgan fingerprint density at radius 3 is 2.68 bits per heavy atom. The van der Waals surface area contributed by atoms with E-state index < -0.39 is 0 Å². The maximum atomic E-state index is 9.92. The molecule has 0 amide bonds. The lowest BCUT2D eigenvalue weighted by Crippen LogP contribution is -2.49. The SMILES string of the molecule is CC1=CC(C)(C#N)C([C@@H]2C[C@@H]3CON[C@H]3[C@H](C)C2)C(C)(C)C1. The van der Waals surface area contributed by atoms with Gasteiger partial charge in [0.25, 0.3) is 0 Å². The number of hydroxylamine groups is 1. The normalized spacial score (nSPS) is 47.5. The topological polar surface area (TPSA) is 45.0 Å². The van der Waals surface area contributed by atoms with Gasteiger partial charge in [0.1, 0.15) is 0 Å². The highest BCUT2D eigenvalue weighted by atomic mass is 16.7. The molecule has 122 valence electrons. The van der Waals surface area contributed by atoms with Gasteiger partial charge in [0, 0.05) is 12.0 Å². The molecule has 6 atom stereocenters. The van der Waals surface area contributed by atoms with Gasteiger partial charge in [-0.2, -0.15) is 10.7 Å². The van der Waals surface area contributed by atoms with Crippen molar-refractivity contribution in [3.63, 3.8) is 0 Å². The third-order valence-corrected chi connectivity index (χ3v) is 6.40. The van der Waals surface area contributed by atoms with Gasteiger partial charge in [-0.1, -0.05) is 32.4 Å². The molecule has 2 fully saturated rings. The van der Waals surface area contributed by atoms with Crippen LogP contribution in [0.3, 0.4) is 0 Å². The van der Waals surface area contributed by atoms with Crippen LogP contribution < -0.4 is 5.48 Å². The smallest absolute Gasteiger partial charge is 0.0763 e. The third kappa shape index (κ3) is 2.51. The van der Waals surface area contributed by atoms with Gasteiger partial charge in [-0.25, -0.2) is 0 Å². The summed E-state index contributed by atoms with van der Waals surface area (Å²) in [6.45, 7) is 12.2. The lowest BCUT2D eigenvalue weighted by Gasteiger charge is -2.52. The van der Waals surface area contributed by atoms with Crippen LogP contribution in [0, 0.1) is 45.8 Å².